The zero-order valence-corrected chi connectivity index (χ0v) is 21.9. The quantitative estimate of drug-likeness (QED) is 0.164. The van der Waals surface area contributed by atoms with E-state index in [4.69, 9.17) is 16.3 Å². The Labute approximate surface area is 220 Å². The van der Waals surface area contributed by atoms with Crippen molar-refractivity contribution in [3.05, 3.63) is 94.4 Å². The molecule has 0 aliphatic rings. The van der Waals surface area contributed by atoms with E-state index < -0.39 is 11.6 Å². The maximum atomic E-state index is 12.2. The first-order valence-electron chi connectivity index (χ1n) is 11.3. The number of carbonyl (C=O) groups is 1. The summed E-state index contributed by atoms with van der Waals surface area (Å²) in [4.78, 5) is 26.5. The van der Waals surface area contributed by atoms with Gasteiger partial charge in [-0.3, -0.25) is 14.7 Å². The topological polar surface area (TPSA) is 129 Å². The third kappa shape index (κ3) is 6.78. The Bertz CT molecular complexity index is 1330. The van der Waals surface area contributed by atoms with Crippen LogP contribution in [0.2, 0.25) is 0 Å². The number of anilines is 1. The molecule has 3 aromatic rings. The standard InChI is InChI=1S/C27H29ClN4O5/c1-17-15-30-22(21-11-12-29-25(31-21)26(4,5)34)14-23(17)32(16-33)18(2)13-24(19(3)28)37-27(35,36)20-9-7-6-8-10-20/h6-16,34-36H,1-5H3/b18-13-,24-19-. The van der Waals surface area contributed by atoms with Crippen molar-refractivity contribution in [3.63, 3.8) is 0 Å². The number of halogens is 1. The van der Waals surface area contributed by atoms with Crippen molar-refractivity contribution < 1.29 is 24.9 Å². The molecule has 194 valence electrons. The molecule has 9 nitrogen and oxygen atoms in total. The van der Waals surface area contributed by atoms with Crippen LogP contribution in [0.3, 0.4) is 0 Å². The van der Waals surface area contributed by atoms with Gasteiger partial charge in [0.15, 0.2) is 5.82 Å². The number of ether oxygens (including phenoxy) is 1. The summed E-state index contributed by atoms with van der Waals surface area (Å²) in [7, 11) is 0. The molecule has 0 aliphatic heterocycles. The van der Waals surface area contributed by atoms with Crippen molar-refractivity contribution in [2.45, 2.75) is 46.2 Å². The maximum absolute atomic E-state index is 12.2. The van der Waals surface area contributed by atoms with Gasteiger partial charge in [-0.05, 0) is 64.4 Å². The minimum Gasteiger partial charge on any atom is -0.434 e. The Balaban J connectivity index is 1.99. The number of allylic oxidation sites excluding steroid dienone is 3. The largest absolute Gasteiger partial charge is 0.434 e. The average Bonchev–Trinajstić information content (AvgIpc) is 2.85. The van der Waals surface area contributed by atoms with E-state index in [0.29, 0.717) is 34.7 Å². The van der Waals surface area contributed by atoms with Gasteiger partial charge in [0.05, 0.1) is 27.7 Å². The summed E-state index contributed by atoms with van der Waals surface area (Å²) in [6.45, 7) is 8.13. The Morgan fingerprint density at radius 3 is 2.32 bits per heavy atom. The number of benzene rings is 1. The van der Waals surface area contributed by atoms with Crippen molar-refractivity contribution >= 4 is 23.7 Å². The molecular weight excluding hydrogens is 496 g/mol. The highest BCUT2D eigenvalue weighted by Gasteiger charge is 2.30. The minimum absolute atomic E-state index is 0.0441. The Kier molecular flexibility index (Phi) is 8.45. The number of carbonyl (C=O) groups excluding carboxylic acids is 1. The molecule has 1 aromatic carbocycles. The van der Waals surface area contributed by atoms with Crippen LogP contribution in [0.4, 0.5) is 5.69 Å². The zero-order valence-electron chi connectivity index (χ0n) is 21.2. The number of pyridine rings is 1. The highest BCUT2D eigenvalue weighted by atomic mass is 35.5. The lowest BCUT2D eigenvalue weighted by Crippen LogP contribution is -2.29. The number of aliphatic hydroxyl groups is 3. The first-order chi connectivity index (χ1) is 17.3. The van der Waals surface area contributed by atoms with E-state index in [1.807, 2.05) is 0 Å². The number of aromatic nitrogens is 3. The predicted octanol–water partition coefficient (Wildman–Crippen LogP) is 4.22. The molecule has 2 heterocycles. The SMILES string of the molecule is C/C(=C/C(OC(O)(O)c1ccccc1)=C(\C)Cl)N(C=O)c1cc(-c2ccnc(C(C)(C)O)n2)ncc1C. The molecule has 0 unspecified atom stereocenters. The predicted molar refractivity (Wildman–Crippen MR) is 140 cm³/mol. The normalized spacial score (nSPS) is 13.2. The maximum Gasteiger partial charge on any atom is 0.351 e. The lowest BCUT2D eigenvalue weighted by molar-refractivity contribution is -0.331. The van der Waals surface area contributed by atoms with Crippen LogP contribution in [0.15, 0.2) is 77.4 Å². The van der Waals surface area contributed by atoms with E-state index in [9.17, 15) is 20.1 Å². The molecule has 2 aromatic heterocycles. The second-order valence-electron chi connectivity index (χ2n) is 8.92. The van der Waals surface area contributed by atoms with E-state index in [0.717, 1.165) is 0 Å². The molecule has 10 heteroatoms. The highest BCUT2D eigenvalue weighted by Crippen LogP contribution is 2.30. The molecule has 3 N–H and O–H groups in total. The molecule has 0 radical (unpaired) electrons. The van der Waals surface area contributed by atoms with Gasteiger partial charge in [-0.1, -0.05) is 29.8 Å². The monoisotopic (exact) mass is 524 g/mol. The van der Waals surface area contributed by atoms with Crippen molar-refractivity contribution in [2.24, 2.45) is 0 Å². The highest BCUT2D eigenvalue weighted by molar-refractivity contribution is 6.29. The van der Waals surface area contributed by atoms with Crippen molar-refractivity contribution in [3.8, 4) is 11.4 Å². The number of hydrogen-bond donors (Lipinski definition) is 3. The van der Waals surface area contributed by atoms with E-state index in [2.05, 4.69) is 15.0 Å². The fraction of sp³-hybridized carbons (Fsp3) is 0.259. The van der Waals surface area contributed by atoms with Crippen LogP contribution in [0.1, 0.15) is 44.6 Å². The number of aryl methyl sites for hydroxylation is 1. The summed E-state index contributed by atoms with van der Waals surface area (Å²) in [6.07, 6.45) is 5.17. The molecule has 37 heavy (non-hydrogen) atoms. The summed E-state index contributed by atoms with van der Waals surface area (Å²) in [6, 6.07) is 11.3. The van der Waals surface area contributed by atoms with Crippen molar-refractivity contribution in [2.75, 3.05) is 4.90 Å². The van der Waals surface area contributed by atoms with Gasteiger partial charge in [0.2, 0.25) is 6.41 Å². The van der Waals surface area contributed by atoms with Gasteiger partial charge in [0.25, 0.3) is 0 Å². The number of amides is 1. The average molecular weight is 525 g/mol. The van der Waals surface area contributed by atoms with Gasteiger partial charge in [0.1, 0.15) is 11.4 Å². The second-order valence-corrected chi connectivity index (χ2v) is 9.48. The summed E-state index contributed by atoms with van der Waals surface area (Å²) in [5, 5.41) is 31.4. The molecular formula is C27H29ClN4O5. The molecule has 0 fully saturated rings. The number of rotatable bonds is 9. The lowest BCUT2D eigenvalue weighted by Gasteiger charge is -2.25. The lowest BCUT2D eigenvalue weighted by atomic mass is 10.1. The molecule has 0 saturated heterocycles. The van der Waals surface area contributed by atoms with Crippen LogP contribution in [0, 0.1) is 6.92 Å². The smallest absolute Gasteiger partial charge is 0.351 e. The molecule has 0 bridgehead atoms. The van der Waals surface area contributed by atoms with Crippen LogP contribution in [0.25, 0.3) is 11.4 Å². The van der Waals surface area contributed by atoms with Crippen LogP contribution >= 0.6 is 11.6 Å². The third-order valence-electron chi connectivity index (χ3n) is 5.37. The van der Waals surface area contributed by atoms with E-state index >= 15 is 0 Å². The first kappa shape index (κ1) is 27.9. The second kappa shape index (κ2) is 11.2. The third-order valence-corrected chi connectivity index (χ3v) is 5.55. The zero-order chi connectivity index (χ0) is 27.4. The first-order valence-corrected chi connectivity index (χ1v) is 11.7. The molecule has 0 spiro atoms. The molecule has 0 aliphatic carbocycles. The fourth-order valence-electron chi connectivity index (χ4n) is 3.36. The van der Waals surface area contributed by atoms with Crippen LogP contribution in [0.5, 0.6) is 0 Å². The van der Waals surface area contributed by atoms with E-state index in [-0.39, 0.29) is 22.2 Å². The van der Waals surface area contributed by atoms with Gasteiger partial charge < -0.3 is 20.1 Å². The number of nitrogens with zero attached hydrogens (tertiary/aromatic N) is 4. The van der Waals surface area contributed by atoms with Crippen LogP contribution in [-0.2, 0) is 21.1 Å². The molecule has 3 rings (SSSR count). The number of hydrogen-bond acceptors (Lipinski definition) is 8. The van der Waals surface area contributed by atoms with Gasteiger partial charge in [-0.25, -0.2) is 9.97 Å². The van der Waals surface area contributed by atoms with E-state index in [1.54, 1.807) is 64.2 Å². The van der Waals surface area contributed by atoms with Crippen molar-refractivity contribution in [1.29, 1.82) is 0 Å². The Morgan fingerprint density at radius 1 is 1.05 bits per heavy atom. The molecule has 0 atom stereocenters. The van der Waals surface area contributed by atoms with Gasteiger partial charge in [-0.15, -0.1) is 0 Å². The summed E-state index contributed by atoms with van der Waals surface area (Å²) < 4.78 is 5.44. The summed E-state index contributed by atoms with van der Waals surface area (Å²) in [5.41, 5.74) is 1.37. The Morgan fingerprint density at radius 2 is 1.73 bits per heavy atom. The minimum atomic E-state index is -2.65. The van der Waals surface area contributed by atoms with Gasteiger partial charge in [-0.2, -0.15) is 0 Å². The van der Waals surface area contributed by atoms with E-state index in [1.165, 1.54) is 36.2 Å². The fourth-order valence-corrected chi connectivity index (χ4v) is 3.46. The molecule has 1 amide bonds. The van der Waals surface area contributed by atoms with Crippen molar-refractivity contribution in [1.82, 2.24) is 15.0 Å². The van der Waals surface area contributed by atoms with Gasteiger partial charge in [0, 0.05) is 24.2 Å². The van der Waals surface area contributed by atoms with Crippen LogP contribution < -0.4 is 4.90 Å². The van der Waals surface area contributed by atoms with Gasteiger partial charge >= 0.3 is 5.97 Å². The summed E-state index contributed by atoms with van der Waals surface area (Å²) >= 11 is 6.20. The Hall–Kier alpha value is -3.63. The van der Waals surface area contributed by atoms with Crippen LogP contribution in [-0.4, -0.2) is 36.7 Å². The summed E-state index contributed by atoms with van der Waals surface area (Å²) in [5.74, 6) is -2.46. The molecule has 0 saturated carbocycles.